The second kappa shape index (κ2) is 3.57. The molecule has 62 valence electrons. The fourth-order valence-electron chi connectivity index (χ4n) is 0.753. The van der Waals surface area contributed by atoms with Crippen molar-refractivity contribution < 1.29 is 15.0 Å². The van der Waals surface area contributed by atoms with E-state index in [2.05, 4.69) is 0 Å². The molecule has 0 heterocycles. The van der Waals surface area contributed by atoms with Gasteiger partial charge in [0.15, 0.2) is 0 Å². The first-order chi connectivity index (χ1) is 5.68. The van der Waals surface area contributed by atoms with E-state index in [0.29, 0.717) is 0 Å². The van der Waals surface area contributed by atoms with Gasteiger partial charge in [0.25, 0.3) is 0 Å². The molecule has 0 aromatic heterocycles. The molecular formula is C9H8O3. The Morgan fingerprint density at radius 1 is 1.25 bits per heavy atom. The third-order valence-corrected chi connectivity index (χ3v) is 1.31. The summed E-state index contributed by atoms with van der Waals surface area (Å²) in [7, 11) is 0. The van der Waals surface area contributed by atoms with Crippen molar-refractivity contribution in [2.24, 2.45) is 0 Å². The predicted octanol–water partition coefficient (Wildman–Crippen LogP) is 1.49. The Balaban J connectivity index is 2.77. The molecule has 0 unspecified atom stereocenters. The minimum absolute atomic E-state index is 0.169. The van der Waals surface area contributed by atoms with Crippen LogP contribution in [0.15, 0.2) is 30.3 Å². The molecule has 1 aromatic carbocycles. The molecule has 12 heavy (non-hydrogen) atoms. The monoisotopic (exact) mass is 170 g/mol. The minimum Gasteiger partial charge on any atom is -0.508 e. The third kappa shape index (κ3) is 2.46. The van der Waals surface area contributed by atoms with E-state index in [4.69, 9.17) is 10.2 Å². The van der Waals surface area contributed by atoms with Crippen LogP contribution in [0.1, 0.15) is 5.56 Å². The van der Waals surface area contributed by atoms with Gasteiger partial charge >= 0.3 is 5.97 Å². The van der Waals surface area contributed by atoms with Crippen LogP contribution < -0.4 is 0 Å². The van der Waals surface area contributed by atoms with Gasteiger partial charge < -0.3 is 10.2 Å². The highest BCUT2D eigenvalue weighted by molar-refractivity contribution is 5.85. The molecular weight excluding hydrogens is 162 g/mol. The average molecular weight is 170 g/mol. The Morgan fingerprint density at radius 3 is 2.33 bits per heavy atom. The van der Waals surface area contributed by atoms with Gasteiger partial charge in [-0.25, -0.2) is 4.79 Å². The number of carbonyl (C=O) groups is 1. The van der Waals surface area contributed by atoms with Crippen LogP contribution in [-0.4, -0.2) is 16.2 Å². The van der Waals surface area contributed by atoms with Crippen molar-refractivity contribution in [2.75, 3.05) is 0 Å². The molecule has 0 saturated carbocycles. The average Bonchev–Trinajstić information content (AvgIpc) is 2.03. The number of phenolic OH excluding ortho intramolecular Hbond substituents is 1. The number of phenols is 1. The molecule has 0 amide bonds. The highest BCUT2D eigenvalue weighted by atomic mass is 16.4. The molecule has 3 nitrogen and oxygen atoms in total. The van der Waals surface area contributed by atoms with E-state index in [1.54, 1.807) is 12.1 Å². The Bertz CT molecular complexity index is 298. The maximum Gasteiger partial charge on any atom is 0.328 e. The molecule has 0 saturated heterocycles. The summed E-state index contributed by atoms with van der Waals surface area (Å²) in [5, 5.41) is 17.2. The van der Waals surface area contributed by atoms with Crippen LogP contribution in [0.4, 0.5) is 0 Å². The van der Waals surface area contributed by atoms with Crippen LogP contribution in [0.3, 0.4) is 0 Å². The fraction of sp³-hybridized carbons (Fsp3) is 0. The van der Waals surface area contributed by atoms with Crippen LogP contribution in [0.25, 0.3) is 6.08 Å². The molecule has 0 spiro atoms. The lowest BCUT2D eigenvalue weighted by Crippen LogP contribution is -1.85. The van der Waals surface area contributed by atoms with E-state index in [-0.39, 0.29) is 5.75 Å². The lowest BCUT2D eigenvalue weighted by Gasteiger charge is -1.92. The van der Waals surface area contributed by atoms with Crippen molar-refractivity contribution in [3.63, 3.8) is 0 Å². The third-order valence-electron chi connectivity index (χ3n) is 1.31. The molecule has 2 N–H and O–H groups in total. The Kier molecular flexibility index (Phi) is 2.48. The normalized spacial score (nSPS) is 10.3. The lowest BCUT2D eigenvalue weighted by atomic mass is 10.6. The van der Waals surface area contributed by atoms with E-state index < -0.39 is 5.97 Å². The van der Waals surface area contributed by atoms with Gasteiger partial charge in [-0.1, -0.05) is 12.1 Å². The number of benzene rings is 1. The summed E-state index contributed by atoms with van der Waals surface area (Å²) < 4.78 is 0. The molecule has 0 radical (unpaired) electrons. The van der Waals surface area contributed by atoms with Gasteiger partial charge in [0.05, 0.1) is 0 Å². The number of carboxylic acid groups (broad SMARTS) is 1. The topological polar surface area (TPSA) is 57.5 Å². The van der Waals surface area contributed by atoms with Crippen molar-refractivity contribution in [1.82, 2.24) is 0 Å². The van der Waals surface area contributed by atoms with E-state index in [9.17, 15) is 4.79 Å². The van der Waals surface area contributed by atoms with Crippen molar-refractivity contribution in [1.29, 1.82) is 0 Å². The van der Waals surface area contributed by atoms with E-state index in [1.165, 1.54) is 18.2 Å². The molecule has 0 atom stereocenters. The highest BCUT2D eigenvalue weighted by Crippen LogP contribution is 2.10. The first kappa shape index (κ1) is 8.33. The Morgan fingerprint density at radius 2 is 1.83 bits per heavy atom. The quantitative estimate of drug-likeness (QED) is 0.661. The molecule has 0 fully saturated rings. The van der Waals surface area contributed by atoms with Crippen LogP contribution in [0, 0.1) is 0 Å². The summed E-state index contributed by atoms with van der Waals surface area (Å²) in [6.45, 7) is 0. The smallest absolute Gasteiger partial charge is 0.328 e. The predicted molar refractivity (Wildman–Crippen MR) is 44.8 cm³/mol. The summed E-state index contributed by atoms with van der Waals surface area (Å²) in [4.78, 5) is 10.1. The van der Waals surface area contributed by atoms with Gasteiger partial charge in [0, 0.05) is 6.08 Å². The van der Waals surface area contributed by atoms with Gasteiger partial charge in [-0.15, -0.1) is 0 Å². The van der Waals surface area contributed by atoms with E-state index in [1.807, 2.05) is 0 Å². The molecule has 3 heteroatoms. The number of aromatic hydroxyl groups is 1. The zero-order valence-electron chi connectivity index (χ0n) is 6.27. The van der Waals surface area contributed by atoms with Crippen molar-refractivity contribution in [2.45, 2.75) is 0 Å². The maximum absolute atomic E-state index is 10.1. The summed E-state index contributed by atoms with van der Waals surface area (Å²) in [5.74, 6) is -0.814. The largest absolute Gasteiger partial charge is 0.508 e. The van der Waals surface area contributed by atoms with Crippen LogP contribution in [-0.2, 0) is 4.79 Å². The Hall–Kier alpha value is -1.77. The second-order valence-corrected chi connectivity index (χ2v) is 2.26. The zero-order chi connectivity index (χ0) is 8.97. The standard InChI is InChI=1S/C9H8O3/c10-8-4-1-7(2-5-8)3-6-9(11)12/h1-6,10H,(H,11,12)/b6-3+/i1+1,2+1,4+1,5+1,7+1,8+1. The fourth-order valence-corrected chi connectivity index (χ4v) is 0.753. The molecule has 0 aliphatic heterocycles. The van der Waals surface area contributed by atoms with Crippen molar-refractivity contribution >= 4 is 12.0 Å². The molecule has 0 aliphatic carbocycles. The molecule has 1 rings (SSSR count). The first-order valence-corrected chi connectivity index (χ1v) is 3.38. The van der Waals surface area contributed by atoms with Gasteiger partial charge in [0.2, 0.25) is 0 Å². The number of hydrogen-bond acceptors (Lipinski definition) is 2. The SMILES string of the molecule is O=C(O)/C=C/[13c]1[13cH][13cH][13c](O)[13cH][13cH]1. The van der Waals surface area contributed by atoms with Crippen molar-refractivity contribution in [3.8, 4) is 5.75 Å². The Labute approximate surface area is 69.6 Å². The summed E-state index contributed by atoms with van der Waals surface area (Å²) >= 11 is 0. The van der Waals surface area contributed by atoms with Crippen molar-refractivity contribution in [3.05, 3.63) is 35.9 Å². The number of hydrogen-bond donors (Lipinski definition) is 2. The van der Waals surface area contributed by atoms with E-state index >= 15 is 0 Å². The molecule has 0 bridgehead atoms. The zero-order valence-corrected chi connectivity index (χ0v) is 6.27. The van der Waals surface area contributed by atoms with Crippen LogP contribution in [0.2, 0.25) is 0 Å². The first-order valence-electron chi connectivity index (χ1n) is 3.38. The summed E-state index contributed by atoms with van der Waals surface area (Å²) in [6.07, 6.45) is 2.51. The minimum atomic E-state index is -0.983. The van der Waals surface area contributed by atoms with Gasteiger partial charge in [-0.3, -0.25) is 0 Å². The number of rotatable bonds is 2. The highest BCUT2D eigenvalue weighted by Gasteiger charge is 1.89. The molecule has 0 aliphatic rings. The maximum atomic E-state index is 10.1. The second-order valence-electron chi connectivity index (χ2n) is 2.26. The van der Waals surface area contributed by atoms with Gasteiger partial charge in [-0.2, -0.15) is 0 Å². The summed E-state index contributed by atoms with van der Waals surface area (Å²) in [5.41, 5.74) is 0.746. The van der Waals surface area contributed by atoms with Crippen LogP contribution in [0.5, 0.6) is 5.75 Å². The van der Waals surface area contributed by atoms with Gasteiger partial charge in [0.1, 0.15) is 5.75 Å². The lowest BCUT2D eigenvalue weighted by molar-refractivity contribution is -0.131. The number of carboxylic acids is 1. The van der Waals surface area contributed by atoms with E-state index in [0.717, 1.165) is 11.6 Å². The van der Waals surface area contributed by atoms with Gasteiger partial charge in [-0.05, 0) is 23.8 Å². The molecule has 1 aromatic rings. The number of aliphatic carboxylic acids is 1. The van der Waals surface area contributed by atoms with Crippen LogP contribution >= 0.6 is 0 Å². The summed E-state index contributed by atoms with van der Waals surface area (Å²) in [6, 6.07) is 6.27.